The zero-order chi connectivity index (χ0) is 14.8. The van der Waals surface area contributed by atoms with Crippen molar-refractivity contribution < 1.29 is 13.0 Å². The van der Waals surface area contributed by atoms with Crippen LogP contribution in [0.3, 0.4) is 0 Å². The van der Waals surface area contributed by atoms with Gasteiger partial charge >= 0.3 is 10.3 Å². The molecular formula is C13H19BrN2O3S. The predicted molar refractivity (Wildman–Crippen MR) is 83.4 cm³/mol. The van der Waals surface area contributed by atoms with Gasteiger partial charge in [0.1, 0.15) is 0 Å². The van der Waals surface area contributed by atoms with E-state index in [0.29, 0.717) is 12.2 Å². The second-order valence-corrected chi connectivity index (χ2v) is 7.28. The van der Waals surface area contributed by atoms with Gasteiger partial charge in [0, 0.05) is 17.6 Å². The Morgan fingerprint density at radius 2 is 2.00 bits per heavy atom. The smallest absolute Gasteiger partial charge is 0.302 e. The molecule has 5 nitrogen and oxygen atoms in total. The Morgan fingerprint density at radius 1 is 1.35 bits per heavy atom. The molecule has 1 aliphatic rings. The Morgan fingerprint density at radius 3 is 2.55 bits per heavy atom. The Labute approximate surface area is 128 Å². The summed E-state index contributed by atoms with van der Waals surface area (Å²) in [5, 5.41) is 0. The summed E-state index contributed by atoms with van der Waals surface area (Å²) in [7, 11) is -4.25. The largest absolute Gasteiger partial charge is 0.360 e. The van der Waals surface area contributed by atoms with Gasteiger partial charge in [0.25, 0.3) is 0 Å². The van der Waals surface area contributed by atoms with Crippen LogP contribution in [0.5, 0.6) is 0 Å². The van der Waals surface area contributed by atoms with Gasteiger partial charge in [0.2, 0.25) is 0 Å². The van der Waals surface area contributed by atoms with Gasteiger partial charge in [-0.05, 0) is 56.6 Å². The molecule has 1 fully saturated rings. The zero-order valence-electron chi connectivity index (χ0n) is 11.4. The first-order chi connectivity index (χ1) is 9.38. The SMILES string of the molecule is Cc1cc(Br)ccc1N(CCN1CCCC1)S(=O)(=O)O. The minimum Gasteiger partial charge on any atom is -0.302 e. The fourth-order valence-corrected chi connectivity index (χ4v) is 3.74. The van der Waals surface area contributed by atoms with E-state index in [1.807, 2.05) is 13.0 Å². The topological polar surface area (TPSA) is 60.9 Å². The van der Waals surface area contributed by atoms with Crippen LogP contribution in [0.4, 0.5) is 5.69 Å². The number of hydrogen-bond acceptors (Lipinski definition) is 3. The Bertz CT molecular complexity index is 571. The summed E-state index contributed by atoms with van der Waals surface area (Å²) in [5.74, 6) is 0. The molecule has 1 aliphatic heterocycles. The number of anilines is 1. The molecule has 1 aromatic rings. The van der Waals surface area contributed by atoms with Crippen molar-refractivity contribution in [1.82, 2.24) is 4.90 Å². The van der Waals surface area contributed by atoms with Crippen molar-refractivity contribution in [2.75, 3.05) is 30.5 Å². The maximum absolute atomic E-state index is 11.6. The van der Waals surface area contributed by atoms with Crippen molar-refractivity contribution in [3.05, 3.63) is 28.2 Å². The van der Waals surface area contributed by atoms with E-state index in [-0.39, 0.29) is 6.54 Å². The average molecular weight is 363 g/mol. The number of likely N-dealkylation sites (tertiary alicyclic amines) is 1. The molecule has 112 valence electrons. The lowest BCUT2D eigenvalue weighted by atomic mass is 10.2. The summed E-state index contributed by atoms with van der Waals surface area (Å²) in [6.07, 6.45) is 2.31. The summed E-state index contributed by atoms with van der Waals surface area (Å²) < 4.78 is 34.7. The maximum atomic E-state index is 11.6. The Hall–Kier alpha value is -0.630. The minimum absolute atomic E-state index is 0.265. The van der Waals surface area contributed by atoms with Crippen LogP contribution in [-0.4, -0.2) is 44.0 Å². The lowest BCUT2D eigenvalue weighted by molar-refractivity contribution is 0.347. The molecule has 1 aromatic carbocycles. The van der Waals surface area contributed by atoms with E-state index in [1.54, 1.807) is 12.1 Å². The molecule has 0 aromatic heterocycles. The van der Waals surface area contributed by atoms with Crippen LogP contribution in [0.15, 0.2) is 22.7 Å². The van der Waals surface area contributed by atoms with Crippen molar-refractivity contribution in [1.29, 1.82) is 0 Å². The van der Waals surface area contributed by atoms with Crippen molar-refractivity contribution in [2.45, 2.75) is 19.8 Å². The third kappa shape index (κ3) is 3.94. The number of hydrogen-bond donors (Lipinski definition) is 1. The molecule has 0 spiro atoms. The molecule has 0 aliphatic carbocycles. The number of aryl methyl sites for hydroxylation is 1. The van der Waals surface area contributed by atoms with Crippen LogP contribution < -0.4 is 4.31 Å². The standard InChI is InChI=1S/C13H19BrN2O3S/c1-11-10-12(14)4-5-13(11)16(20(17,18)19)9-8-15-6-2-3-7-15/h4-5,10H,2-3,6-9H2,1H3,(H,17,18,19). The summed E-state index contributed by atoms with van der Waals surface area (Å²) in [5.41, 5.74) is 1.33. The number of nitrogens with zero attached hydrogens (tertiary/aromatic N) is 2. The minimum atomic E-state index is -4.25. The van der Waals surface area contributed by atoms with Crippen LogP contribution in [0.1, 0.15) is 18.4 Å². The lowest BCUT2D eigenvalue weighted by Crippen LogP contribution is -2.38. The zero-order valence-corrected chi connectivity index (χ0v) is 13.8. The first-order valence-electron chi connectivity index (χ1n) is 6.61. The van der Waals surface area contributed by atoms with Crippen LogP contribution in [0.25, 0.3) is 0 Å². The van der Waals surface area contributed by atoms with Crippen molar-refractivity contribution >= 4 is 31.9 Å². The van der Waals surface area contributed by atoms with Gasteiger partial charge < -0.3 is 4.90 Å². The number of rotatable bonds is 5. The van der Waals surface area contributed by atoms with Crippen LogP contribution in [-0.2, 0) is 10.3 Å². The second-order valence-electron chi connectivity index (χ2n) is 5.03. The number of halogens is 1. The number of benzene rings is 1. The molecule has 1 saturated heterocycles. The van der Waals surface area contributed by atoms with Crippen LogP contribution in [0, 0.1) is 6.92 Å². The van der Waals surface area contributed by atoms with Gasteiger partial charge in [-0.15, -0.1) is 0 Å². The third-order valence-corrected chi connectivity index (χ3v) is 4.95. The van der Waals surface area contributed by atoms with Gasteiger partial charge in [-0.25, -0.2) is 4.31 Å². The monoisotopic (exact) mass is 362 g/mol. The van der Waals surface area contributed by atoms with Gasteiger partial charge in [0.05, 0.1) is 5.69 Å². The van der Waals surface area contributed by atoms with E-state index < -0.39 is 10.3 Å². The highest BCUT2D eigenvalue weighted by Gasteiger charge is 2.23. The highest BCUT2D eigenvalue weighted by atomic mass is 79.9. The second kappa shape index (κ2) is 6.43. The third-order valence-electron chi connectivity index (χ3n) is 3.52. The molecule has 0 unspecified atom stereocenters. The molecule has 1 N–H and O–H groups in total. The van der Waals surface area contributed by atoms with E-state index in [0.717, 1.165) is 40.3 Å². The fourth-order valence-electron chi connectivity index (χ4n) is 2.50. The molecule has 0 saturated carbocycles. The molecule has 0 radical (unpaired) electrons. The van der Waals surface area contributed by atoms with Gasteiger partial charge in [0.15, 0.2) is 0 Å². The van der Waals surface area contributed by atoms with E-state index >= 15 is 0 Å². The van der Waals surface area contributed by atoms with Gasteiger partial charge in [-0.3, -0.25) is 4.55 Å². The van der Waals surface area contributed by atoms with E-state index in [2.05, 4.69) is 20.8 Å². The van der Waals surface area contributed by atoms with E-state index in [1.165, 1.54) is 0 Å². The summed E-state index contributed by atoms with van der Waals surface area (Å²) >= 11 is 3.35. The molecule has 1 heterocycles. The summed E-state index contributed by atoms with van der Waals surface area (Å²) in [6.45, 7) is 4.72. The van der Waals surface area contributed by atoms with E-state index in [4.69, 9.17) is 0 Å². The molecule has 0 bridgehead atoms. The summed E-state index contributed by atoms with van der Waals surface area (Å²) in [4.78, 5) is 2.21. The average Bonchev–Trinajstić information content (AvgIpc) is 2.83. The Balaban J connectivity index is 2.18. The molecule has 20 heavy (non-hydrogen) atoms. The highest BCUT2D eigenvalue weighted by molar-refractivity contribution is 9.10. The molecular weight excluding hydrogens is 344 g/mol. The van der Waals surface area contributed by atoms with Crippen molar-refractivity contribution in [2.24, 2.45) is 0 Å². The molecule has 7 heteroatoms. The van der Waals surface area contributed by atoms with Crippen LogP contribution in [0.2, 0.25) is 0 Å². The fraction of sp³-hybridized carbons (Fsp3) is 0.538. The first kappa shape index (κ1) is 15.8. The lowest BCUT2D eigenvalue weighted by Gasteiger charge is -2.25. The molecule has 0 amide bonds. The molecule has 0 atom stereocenters. The van der Waals surface area contributed by atoms with Crippen molar-refractivity contribution in [3.8, 4) is 0 Å². The molecule has 2 rings (SSSR count). The predicted octanol–water partition coefficient (Wildman–Crippen LogP) is 2.46. The van der Waals surface area contributed by atoms with E-state index in [9.17, 15) is 13.0 Å². The quantitative estimate of drug-likeness (QED) is 0.817. The Kier molecular flexibility index (Phi) is 5.06. The van der Waals surface area contributed by atoms with Gasteiger partial charge in [-0.2, -0.15) is 8.42 Å². The summed E-state index contributed by atoms with van der Waals surface area (Å²) in [6, 6.07) is 5.32. The normalized spacial score (nSPS) is 16.6. The van der Waals surface area contributed by atoms with Crippen molar-refractivity contribution in [3.63, 3.8) is 0 Å². The van der Waals surface area contributed by atoms with Gasteiger partial charge in [-0.1, -0.05) is 15.9 Å². The maximum Gasteiger partial charge on any atom is 0.360 e. The first-order valence-corrected chi connectivity index (χ1v) is 8.80. The van der Waals surface area contributed by atoms with Crippen LogP contribution >= 0.6 is 15.9 Å². The highest BCUT2D eigenvalue weighted by Crippen LogP contribution is 2.25.